The minimum Gasteiger partial charge on any atom is -0.550 e. The quantitative estimate of drug-likeness (QED) is 0.301. The van der Waals surface area contributed by atoms with Crippen molar-refractivity contribution in [2.24, 2.45) is 23.2 Å². The van der Waals surface area contributed by atoms with Crippen LogP contribution in [0.3, 0.4) is 0 Å². The van der Waals surface area contributed by atoms with Crippen molar-refractivity contribution in [1.29, 1.82) is 0 Å². The van der Waals surface area contributed by atoms with E-state index in [1.54, 1.807) is 4.90 Å². The molecule has 0 aromatic heterocycles. The summed E-state index contributed by atoms with van der Waals surface area (Å²) in [6, 6.07) is 26.9. The van der Waals surface area contributed by atoms with Crippen molar-refractivity contribution in [3.05, 3.63) is 89.5 Å². The molecule has 0 amide bonds. The van der Waals surface area contributed by atoms with Crippen molar-refractivity contribution < 1.29 is 9.90 Å². The fraction of sp³-hybridized carbons (Fsp3) is 0.457. The Morgan fingerprint density at radius 2 is 1.16 bits per heavy atom. The van der Waals surface area contributed by atoms with E-state index < -0.39 is 11.4 Å². The van der Waals surface area contributed by atoms with Gasteiger partial charge in [-0.15, -0.1) is 0 Å². The second-order valence-electron chi connectivity index (χ2n) is 11.7. The van der Waals surface area contributed by atoms with E-state index in [2.05, 4.69) is 93.6 Å². The first-order chi connectivity index (χ1) is 18.5. The van der Waals surface area contributed by atoms with Gasteiger partial charge in [0, 0.05) is 22.5 Å². The van der Waals surface area contributed by atoms with Gasteiger partial charge < -0.3 is 9.90 Å². The van der Waals surface area contributed by atoms with Crippen LogP contribution >= 0.6 is 0 Å². The van der Waals surface area contributed by atoms with Crippen LogP contribution in [0.5, 0.6) is 0 Å². The van der Waals surface area contributed by atoms with Crippen LogP contribution < -0.4 is 5.11 Å². The number of hydrogen-bond donors (Lipinski definition) is 0. The van der Waals surface area contributed by atoms with Crippen LogP contribution in [-0.2, 0) is 35.0 Å². The molecule has 0 unspecified atom stereocenters. The van der Waals surface area contributed by atoms with Crippen molar-refractivity contribution in [3.63, 3.8) is 0 Å². The van der Waals surface area contributed by atoms with Gasteiger partial charge in [-0.05, 0) is 105 Å². The lowest BCUT2D eigenvalue weighted by molar-refractivity contribution is -0.327. The topological polar surface area (TPSA) is 40.1 Å². The molecule has 2 nitrogen and oxygen atoms in total. The minimum atomic E-state index is -0.758. The maximum atomic E-state index is 11.1. The van der Waals surface area contributed by atoms with E-state index >= 15 is 0 Å². The maximum Gasteiger partial charge on any atom is 0.172 e. The summed E-state index contributed by atoms with van der Waals surface area (Å²) in [6.07, 6.45) is 9.92. The molecular weight excluding hydrogens is 484 g/mol. The van der Waals surface area contributed by atoms with Crippen molar-refractivity contribution in [2.45, 2.75) is 93.2 Å². The summed E-state index contributed by atoms with van der Waals surface area (Å²) in [5.41, 5.74) is 4.08. The highest BCUT2D eigenvalue weighted by atomic mass is 32.2. The lowest BCUT2D eigenvalue weighted by Gasteiger charge is -2.57. The van der Waals surface area contributed by atoms with Crippen molar-refractivity contribution in [3.8, 4) is 0 Å². The number of aryl methyl sites for hydroxylation is 3. The Bertz CT molecular complexity index is 1130. The van der Waals surface area contributed by atoms with Gasteiger partial charge >= 0.3 is 0 Å². The van der Waals surface area contributed by atoms with E-state index in [1.165, 1.54) is 45.7 Å². The lowest BCUT2D eigenvalue weighted by Crippen LogP contribution is -2.54. The standard InChI is InChI=1S/C24H27S.C11H16O2/c1-4-19-17-20(5-2)24(21(6-3)18-19)25(22-13-9-7-10-14-22)23-15-11-8-12-16-23;12-10(13)11-4-7-1-8(5-11)3-9(2-7)6-11/h7-18H,4-6H2,1-3H3;7-9H,1-6H2,(H,12,13)/q+1;/p-1. The molecule has 4 bridgehead atoms. The molecule has 0 radical (unpaired) electrons. The minimum absolute atomic E-state index is 0.0478. The van der Waals surface area contributed by atoms with Crippen molar-refractivity contribution in [1.82, 2.24) is 0 Å². The third-order valence-electron chi connectivity index (χ3n) is 9.11. The molecule has 4 saturated carbocycles. The summed E-state index contributed by atoms with van der Waals surface area (Å²) in [5.74, 6) is 1.38. The van der Waals surface area contributed by atoms with Crippen molar-refractivity contribution >= 4 is 16.9 Å². The number of hydrogen-bond acceptors (Lipinski definition) is 2. The van der Waals surface area contributed by atoms with E-state index in [-0.39, 0.29) is 10.9 Å². The highest BCUT2D eigenvalue weighted by Gasteiger charge is 2.51. The summed E-state index contributed by atoms with van der Waals surface area (Å²) < 4.78 is 0. The summed E-state index contributed by atoms with van der Waals surface area (Å²) >= 11 is 0. The lowest BCUT2D eigenvalue weighted by atomic mass is 9.49. The summed E-state index contributed by atoms with van der Waals surface area (Å²) in [5, 5.41) is 11.1. The molecule has 4 aliphatic carbocycles. The normalized spacial score (nSPS) is 25.2. The monoisotopic (exact) mass is 526 g/mol. The molecule has 200 valence electrons. The molecule has 0 N–H and O–H groups in total. The van der Waals surface area contributed by atoms with E-state index in [0.717, 1.165) is 38.5 Å². The third-order valence-corrected chi connectivity index (χ3v) is 11.5. The Labute approximate surface area is 232 Å². The Morgan fingerprint density at radius 1 is 0.737 bits per heavy atom. The second-order valence-corrected chi connectivity index (χ2v) is 13.7. The van der Waals surface area contributed by atoms with Crippen molar-refractivity contribution in [2.75, 3.05) is 0 Å². The van der Waals surface area contributed by atoms with E-state index in [0.29, 0.717) is 17.8 Å². The number of carbonyl (C=O) groups excluding carboxylic acids is 1. The zero-order valence-electron chi connectivity index (χ0n) is 23.2. The van der Waals surface area contributed by atoms with Gasteiger partial charge in [0.05, 0.1) is 10.9 Å². The molecule has 0 saturated heterocycles. The Balaban J connectivity index is 0.000000187. The van der Waals surface area contributed by atoms with Crippen LogP contribution in [-0.4, -0.2) is 5.97 Å². The third kappa shape index (κ3) is 5.45. The first-order valence-electron chi connectivity index (χ1n) is 14.7. The number of carboxylic acid groups (broad SMARTS) is 1. The number of carboxylic acids is 1. The molecule has 38 heavy (non-hydrogen) atoms. The highest BCUT2D eigenvalue weighted by molar-refractivity contribution is 7.97. The molecule has 0 atom stereocenters. The smallest absolute Gasteiger partial charge is 0.172 e. The van der Waals surface area contributed by atoms with Gasteiger partial charge in [0.2, 0.25) is 0 Å². The number of aliphatic carboxylic acids is 1. The van der Waals surface area contributed by atoms with Crippen LogP contribution in [0.15, 0.2) is 87.5 Å². The predicted molar refractivity (Wildman–Crippen MR) is 155 cm³/mol. The molecule has 7 rings (SSSR count). The Kier molecular flexibility index (Phi) is 8.33. The average molecular weight is 527 g/mol. The van der Waals surface area contributed by atoms with Crippen LogP contribution in [0, 0.1) is 23.2 Å². The first kappa shape index (κ1) is 27.1. The zero-order chi connectivity index (χ0) is 26.7. The van der Waals surface area contributed by atoms with Gasteiger partial charge in [-0.25, -0.2) is 0 Å². The molecular formula is C35H42O2S. The summed E-state index contributed by atoms with van der Waals surface area (Å²) in [4.78, 5) is 15.5. The van der Waals surface area contributed by atoms with Gasteiger partial charge in [-0.2, -0.15) is 0 Å². The SMILES string of the molecule is CCc1cc(CC)c([S+](c2ccccc2)c2ccccc2)c(CC)c1.O=C([O-])C12CC3CC(CC(C3)C1)C2. The predicted octanol–water partition coefficient (Wildman–Crippen LogP) is 7.42. The van der Waals surface area contributed by atoms with Gasteiger partial charge in [0.1, 0.15) is 0 Å². The van der Waals surface area contributed by atoms with E-state index in [9.17, 15) is 9.90 Å². The molecule has 4 fully saturated rings. The number of carbonyl (C=O) groups is 1. The van der Waals surface area contributed by atoms with Crippen LogP contribution in [0.25, 0.3) is 0 Å². The molecule has 0 aliphatic heterocycles. The van der Waals surface area contributed by atoms with Gasteiger partial charge in [0.15, 0.2) is 14.7 Å². The Hall–Kier alpha value is -2.52. The highest BCUT2D eigenvalue weighted by Crippen LogP contribution is 2.59. The van der Waals surface area contributed by atoms with E-state index in [1.807, 2.05) is 0 Å². The van der Waals surface area contributed by atoms with Crippen LogP contribution in [0.2, 0.25) is 0 Å². The molecule has 3 aromatic carbocycles. The molecule has 0 heterocycles. The molecule has 0 spiro atoms. The fourth-order valence-electron chi connectivity index (χ4n) is 7.66. The number of benzene rings is 3. The molecule has 4 aliphatic rings. The van der Waals surface area contributed by atoms with Gasteiger partial charge in [0.25, 0.3) is 0 Å². The number of rotatable bonds is 7. The second kappa shape index (κ2) is 11.7. The first-order valence-corrected chi connectivity index (χ1v) is 15.9. The van der Waals surface area contributed by atoms with Crippen LogP contribution in [0.4, 0.5) is 0 Å². The van der Waals surface area contributed by atoms with Gasteiger partial charge in [-0.1, -0.05) is 69.3 Å². The van der Waals surface area contributed by atoms with E-state index in [4.69, 9.17) is 0 Å². The van der Waals surface area contributed by atoms with Gasteiger partial charge in [-0.3, -0.25) is 0 Å². The Morgan fingerprint density at radius 3 is 1.50 bits per heavy atom. The summed E-state index contributed by atoms with van der Waals surface area (Å²) in [6.45, 7) is 6.83. The van der Waals surface area contributed by atoms with Crippen LogP contribution in [0.1, 0.15) is 76.0 Å². The summed E-state index contributed by atoms with van der Waals surface area (Å²) in [7, 11) is -0.0478. The average Bonchev–Trinajstić information content (AvgIpc) is 2.94. The maximum absolute atomic E-state index is 11.1. The fourth-order valence-corrected chi connectivity index (χ4v) is 10.2. The molecule has 3 aromatic rings. The zero-order valence-corrected chi connectivity index (χ0v) is 24.1. The molecule has 3 heteroatoms. The largest absolute Gasteiger partial charge is 0.550 e.